The monoisotopic (exact) mass is 250 g/mol. The third kappa shape index (κ3) is 1.71. The van der Waals surface area contributed by atoms with E-state index in [-0.39, 0.29) is 5.41 Å². The van der Waals surface area contributed by atoms with Crippen LogP contribution in [0.3, 0.4) is 0 Å². The maximum Gasteiger partial charge on any atom is 0.153 e. The minimum Gasteiger partial charge on any atom is -0.382 e. The third-order valence-corrected chi connectivity index (χ3v) is 3.74. The van der Waals surface area contributed by atoms with Crippen LogP contribution >= 0.6 is 0 Å². The average Bonchev–Trinajstić information content (AvgIpc) is 2.80. The number of aromatic amines is 1. The van der Waals surface area contributed by atoms with Crippen molar-refractivity contribution >= 4 is 16.7 Å². The summed E-state index contributed by atoms with van der Waals surface area (Å²) in [4.78, 5) is 0. The van der Waals surface area contributed by atoms with Crippen molar-refractivity contribution in [3.63, 3.8) is 0 Å². The van der Waals surface area contributed by atoms with Crippen LogP contribution in [0.1, 0.15) is 24.5 Å². The van der Waals surface area contributed by atoms with E-state index in [1.54, 1.807) is 0 Å². The zero-order valence-corrected chi connectivity index (χ0v) is 10.6. The van der Waals surface area contributed by atoms with Gasteiger partial charge < -0.3 is 5.73 Å². The molecule has 0 aliphatic heterocycles. The fraction of sp³-hybridized carbons (Fsp3) is 0.200. The Labute approximate surface area is 111 Å². The molecule has 0 amide bonds. The van der Waals surface area contributed by atoms with Gasteiger partial charge in [0.2, 0.25) is 0 Å². The van der Waals surface area contributed by atoms with Crippen LogP contribution in [0.25, 0.3) is 10.9 Å². The SMILES string of the molecule is CC1(c2cc(C#N)c3[nH]nc(N)c3c2)C=CC=CC1. The standard InChI is InChI=1S/C15H14N4/c1-15(5-3-2-4-6-15)11-7-10(9-16)13-12(8-11)14(17)19-18-13/h2-5,7-8H,6H2,1H3,(H3,17,18,19). The highest BCUT2D eigenvalue weighted by molar-refractivity contribution is 5.93. The van der Waals surface area contributed by atoms with E-state index in [1.807, 2.05) is 24.3 Å². The highest BCUT2D eigenvalue weighted by atomic mass is 15.1. The normalized spacial score (nSPS) is 21.7. The number of benzene rings is 1. The second-order valence-electron chi connectivity index (χ2n) is 5.08. The molecule has 94 valence electrons. The predicted octanol–water partition coefficient (Wildman–Crippen LogP) is 2.79. The van der Waals surface area contributed by atoms with Gasteiger partial charge >= 0.3 is 0 Å². The number of aromatic nitrogens is 2. The van der Waals surface area contributed by atoms with Crippen LogP contribution in [0, 0.1) is 11.3 Å². The summed E-state index contributed by atoms with van der Waals surface area (Å²) in [6, 6.07) is 6.16. The molecule has 0 fully saturated rings. The first-order valence-corrected chi connectivity index (χ1v) is 6.16. The molecule has 0 saturated heterocycles. The summed E-state index contributed by atoms with van der Waals surface area (Å²) < 4.78 is 0. The number of nitrogens with one attached hydrogen (secondary N) is 1. The smallest absolute Gasteiger partial charge is 0.153 e. The third-order valence-electron chi connectivity index (χ3n) is 3.74. The second-order valence-corrected chi connectivity index (χ2v) is 5.08. The van der Waals surface area contributed by atoms with Crippen molar-refractivity contribution in [1.82, 2.24) is 10.2 Å². The van der Waals surface area contributed by atoms with E-state index < -0.39 is 0 Å². The second kappa shape index (κ2) is 3.99. The topological polar surface area (TPSA) is 78.5 Å². The van der Waals surface area contributed by atoms with E-state index in [9.17, 15) is 5.26 Å². The van der Waals surface area contributed by atoms with Gasteiger partial charge in [-0.15, -0.1) is 0 Å². The first-order chi connectivity index (χ1) is 9.14. The molecule has 1 aliphatic rings. The summed E-state index contributed by atoms with van der Waals surface area (Å²) in [5.74, 6) is 0.437. The zero-order chi connectivity index (χ0) is 13.5. The fourth-order valence-electron chi connectivity index (χ4n) is 2.50. The van der Waals surface area contributed by atoms with Gasteiger partial charge in [0.05, 0.1) is 11.1 Å². The molecule has 1 heterocycles. The number of nitrogens with zero attached hydrogens (tertiary/aromatic N) is 2. The Bertz CT molecular complexity index is 745. The van der Waals surface area contributed by atoms with Gasteiger partial charge in [0.15, 0.2) is 5.82 Å². The van der Waals surface area contributed by atoms with E-state index in [0.717, 1.165) is 17.4 Å². The van der Waals surface area contributed by atoms with Crippen molar-refractivity contribution in [3.05, 3.63) is 47.6 Å². The van der Waals surface area contributed by atoms with Gasteiger partial charge in [0.1, 0.15) is 6.07 Å². The van der Waals surface area contributed by atoms with Crippen LogP contribution in [-0.2, 0) is 5.41 Å². The zero-order valence-electron chi connectivity index (χ0n) is 10.6. The largest absolute Gasteiger partial charge is 0.382 e. The lowest BCUT2D eigenvalue weighted by Crippen LogP contribution is -2.19. The molecule has 19 heavy (non-hydrogen) atoms. The summed E-state index contributed by atoms with van der Waals surface area (Å²) in [6.07, 6.45) is 9.29. The van der Waals surface area contributed by atoms with Crippen molar-refractivity contribution < 1.29 is 0 Å². The molecule has 4 heteroatoms. The Morgan fingerprint density at radius 3 is 2.95 bits per heavy atom. The first kappa shape index (κ1) is 11.5. The number of fused-ring (bicyclic) bond motifs is 1. The van der Waals surface area contributed by atoms with Crippen LogP contribution in [-0.4, -0.2) is 10.2 Å². The lowest BCUT2D eigenvalue weighted by molar-refractivity contribution is 0.600. The van der Waals surface area contributed by atoms with E-state index in [2.05, 4.69) is 35.3 Å². The van der Waals surface area contributed by atoms with Crippen LogP contribution in [0.5, 0.6) is 0 Å². The maximum atomic E-state index is 9.28. The number of anilines is 1. The van der Waals surface area contributed by atoms with Gasteiger partial charge in [0.25, 0.3) is 0 Å². The van der Waals surface area contributed by atoms with Gasteiger partial charge in [-0.05, 0) is 24.1 Å². The molecule has 1 atom stereocenters. The molecule has 1 aromatic heterocycles. The number of rotatable bonds is 1. The number of nitrogens with two attached hydrogens (primary N) is 1. The molecule has 2 aromatic rings. The highest BCUT2D eigenvalue weighted by Gasteiger charge is 2.25. The molecular weight excluding hydrogens is 236 g/mol. The van der Waals surface area contributed by atoms with Gasteiger partial charge in [-0.3, -0.25) is 5.10 Å². The molecule has 0 spiro atoms. The van der Waals surface area contributed by atoms with Crippen LogP contribution in [0.2, 0.25) is 0 Å². The summed E-state index contributed by atoms with van der Waals surface area (Å²) >= 11 is 0. The van der Waals surface area contributed by atoms with Gasteiger partial charge in [-0.25, -0.2) is 0 Å². The Morgan fingerprint density at radius 1 is 1.42 bits per heavy atom. The molecular formula is C15H14N4. The Balaban J connectivity index is 2.25. The lowest BCUT2D eigenvalue weighted by atomic mass is 9.76. The molecule has 0 saturated carbocycles. The predicted molar refractivity (Wildman–Crippen MR) is 75.5 cm³/mol. The van der Waals surface area contributed by atoms with E-state index in [4.69, 9.17) is 5.73 Å². The molecule has 1 aliphatic carbocycles. The van der Waals surface area contributed by atoms with Crippen LogP contribution in [0.15, 0.2) is 36.4 Å². The van der Waals surface area contributed by atoms with Crippen molar-refractivity contribution in [3.8, 4) is 6.07 Å². The Hall–Kier alpha value is -2.54. The number of hydrogen-bond acceptors (Lipinski definition) is 3. The molecule has 1 unspecified atom stereocenters. The number of nitriles is 1. The van der Waals surface area contributed by atoms with Crippen LogP contribution in [0.4, 0.5) is 5.82 Å². The van der Waals surface area contributed by atoms with Crippen LogP contribution < -0.4 is 5.73 Å². The molecule has 3 rings (SSSR count). The molecule has 3 N–H and O–H groups in total. The fourth-order valence-corrected chi connectivity index (χ4v) is 2.50. The van der Waals surface area contributed by atoms with Gasteiger partial charge in [-0.1, -0.05) is 31.2 Å². The van der Waals surface area contributed by atoms with Gasteiger partial charge in [0, 0.05) is 10.8 Å². The summed E-state index contributed by atoms with van der Waals surface area (Å²) in [7, 11) is 0. The Kier molecular flexibility index (Phi) is 2.42. The highest BCUT2D eigenvalue weighted by Crippen LogP contribution is 2.35. The van der Waals surface area contributed by atoms with Crippen molar-refractivity contribution in [2.45, 2.75) is 18.8 Å². The van der Waals surface area contributed by atoms with Crippen molar-refractivity contribution in [2.24, 2.45) is 0 Å². The molecule has 4 nitrogen and oxygen atoms in total. The minimum absolute atomic E-state index is 0.0990. The summed E-state index contributed by atoms with van der Waals surface area (Å²) in [5, 5.41) is 16.9. The Morgan fingerprint density at radius 2 is 2.26 bits per heavy atom. The van der Waals surface area contributed by atoms with E-state index >= 15 is 0 Å². The van der Waals surface area contributed by atoms with Crippen molar-refractivity contribution in [1.29, 1.82) is 5.26 Å². The average molecular weight is 250 g/mol. The quantitative estimate of drug-likeness (QED) is 0.816. The number of hydrogen-bond donors (Lipinski definition) is 2. The van der Waals surface area contributed by atoms with Gasteiger partial charge in [-0.2, -0.15) is 10.4 Å². The first-order valence-electron chi connectivity index (χ1n) is 6.16. The molecule has 1 aromatic carbocycles. The molecule has 0 radical (unpaired) electrons. The van der Waals surface area contributed by atoms with E-state index in [1.165, 1.54) is 0 Å². The number of nitrogen functional groups attached to an aromatic ring is 1. The maximum absolute atomic E-state index is 9.28. The van der Waals surface area contributed by atoms with Crippen molar-refractivity contribution in [2.75, 3.05) is 5.73 Å². The number of H-pyrrole nitrogens is 1. The lowest BCUT2D eigenvalue weighted by Gasteiger charge is -2.27. The minimum atomic E-state index is -0.0990. The molecule has 0 bridgehead atoms. The number of allylic oxidation sites excluding steroid dienone is 4. The summed E-state index contributed by atoms with van der Waals surface area (Å²) in [6.45, 7) is 2.16. The van der Waals surface area contributed by atoms with E-state index in [0.29, 0.717) is 16.9 Å². The summed E-state index contributed by atoms with van der Waals surface area (Å²) in [5.41, 5.74) is 8.14.